The molecule has 98 valence electrons. The fraction of sp³-hybridized carbons (Fsp3) is 0.533. The maximum atomic E-state index is 4.94. The van der Waals surface area contributed by atoms with Gasteiger partial charge in [0.05, 0.1) is 5.54 Å². The minimum absolute atomic E-state index is 0.0702. The van der Waals surface area contributed by atoms with E-state index >= 15 is 0 Å². The van der Waals surface area contributed by atoms with Gasteiger partial charge in [-0.25, -0.2) is 0 Å². The maximum absolute atomic E-state index is 4.94. The molecule has 1 aliphatic rings. The van der Waals surface area contributed by atoms with Gasteiger partial charge in [-0.15, -0.1) is 0 Å². The molecule has 1 N–H and O–H groups in total. The number of benzene rings is 1. The lowest BCUT2D eigenvalue weighted by molar-refractivity contribution is 0.465. The van der Waals surface area contributed by atoms with Crippen molar-refractivity contribution in [3.05, 3.63) is 35.9 Å². The van der Waals surface area contributed by atoms with Crippen LogP contribution in [-0.2, 0) is 5.54 Å². The first-order chi connectivity index (χ1) is 8.39. The Labute approximate surface area is 114 Å². The molecule has 1 aromatic carbocycles. The predicted octanol–water partition coefficient (Wildman–Crippen LogP) is 3.78. The van der Waals surface area contributed by atoms with Gasteiger partial charge < -0.3 is 5.32 Å². The second-order valence-corrected chi connectivity index (χ2v) is 7.11. The average molecular weight is 262 g/mol. The van der Waals surface area contributed by atoms with Crippen LogP contribution in [0, 0.1) is 0 Å². The van der Waals surface area contributed by atoms with Gasteiger partial charge in [0, 0.05) is 11.3 Å². The summed E-state index contributed by atoms with van der Waals surface area (Å²) in [5.41, 5.74) is 1.29. The molecule has 0 aliphatic carbocycles. The number of hydrogen-bond donors (Lipinski definition) is 1. The van der Waals surface area contributed by atoms with Crippen LogP contribution in [-0.4, -0.2) is 16.5 Å². The molecule has 1 aliphatic heterocycles. The van der Waals surface area contributed by atoms with Crippen LogP contribution >= 0.6 is 11.8 Å². The second kappa shape index (κ2) is 4.96. The van der Waals surface area contributed by atoms with Crippen LogP contribution in [0.4, 0.5) is 0 Å². The van der Waals surface area contributed by atoms with Crippen LogP contribution in [0.2, 0.25) is 0 Å². The van der Waals surface area contributed by atoms with Crippen LogP contribution in [0.5, 0.6) is 0 Å². The van der Waals surface area contributed by atoms with Gasteiger partial charge in [-0.05, 0) is 39.7 Å². The van der Waals surface area contributed by atoms with Crippen LogP contribution in [0.15, 0.2) is 35.3 Å². The van der Waals surface area contributed by atoms with Crippen molar-refractivity contribution < 1.29 is 0 Å². The molecule has 2 rings (SSSR count). The number of nitrogens with one attached hydrogen (secondary N) is 1. The highest BCUT2D eigenvalue weighted by Gasteiger charge is 2.30. The summed E-state index contributed by atoms with van der Waals surface area (Å²) < 4.78 is 0. The minimum Gasteiger partial charge on any atom is -0.360 e. The summed E-state index contributed by atoms with van der Waals surface area (Å²) in [5.74, 6) is 1.12. The van der Waals surface area contributed by atoms with Crippen LogP contribution in [0.1, 0.15) is 39.7 Å². The SMILES string of the molecule is CC(C)(C)NC1=NC(C)(c2ccccc2)CCS1. The van der Waals surface area contributed by atoms with E-state index in [1.165, 1.54) is 5.56 Å². The van der Waals surface area contributed by atoms with Gasteiger partial charge >= 0.3 is 0 Å². The molecule has 18 heavy (non-hydrogen) atoms. The summed E-state index contributed by atoms with van der Waals surface area (Å²) in [6.45, 7) is 8.74. The summed E-state index contributed by atoms with van der Waals surface area (Å²) in [6.07, 6.45) is 1.09. The Hall–Kier alpha value is -0.960. The molecule has 0 fully saturated rings. The Balaban J connectivity index is 2.26. The van der Waals surface area contributed by atoms with Crippen molar-refractivity contribution in [2.75, 3.05) is 5.75 Å². The van der Waals surface area contributed by atoms with E-state index in [0.717, 1.165) is 17.3 Å². The van der Waals surface area contributed by atoms with Gasteiger partial charge in [0.2, 0.25) is 0 Å². The Morgan fingerprint density at radius 3 is 2.50 bits per heavy atom. The average Bonchev–Trinajstić information content (AvgIpc) is 2.28. The quantitative estimate of drug-likeness (QED) is 0.833. The third kappa shape index (κ3) is 3.29. The van der Waals surface area contributed by atoms with E-state index in [-0.39, 0.29) is 11.1 Å². The molecule has 0 bridgehead atoms. The first-order valence-electron chi connectivity index (χ1n) is 6.45. The summed E-state index contributed by atoms with van der Waals surface area (Å²) in [7, 11) is 0. The Morgan fingerprint density at radius 1 is 1.22 bits per heavy atom. The molecular formula is C15H22N2S. The summed E-state index contributed by atoms with van der Waals surface area (Å²) in [6, 6.07) is 10.6. The third-order valence-electron chi connectivity index (χ3n) is 3.05. The molecule has 0 saturated heterocycles. The number of thioether (sulfide) groups is 1. The molecule has 0 aromatic heterocycles. The zero-order chi connectivity index (χ0) is 13.2. The fourth-order valence-electron chi connectivity index (χ4n) is 2.05. The van der Waals surface area contributed by atoms with Gasteiger partial charge in [-0.1, -0.05) is 42.1 Å². The van der Waals surface area contributed by atoms with Gasteiger partial charge in [-0.2, -0.15) is 0 Å². The topological polar surface area (TPSA) is 24.4 Å². The largest absolute Gasteiger partial charge is 0.360 e. The number of hydrogen-bond acceptors (Lipinski definition) is 3. The predicted molar refractivity (Wildman–Crippen MR) is 81.2 cm³/mol. The number of rotatable bonds is 1. The standard InChI is InChI=1S/C15H22N2S/c1-14(2,3)16-13-17-15(4,10-11-18-13)12-8-6-5-7-9-12/h5-9H,10-11H2,1-4H3,(H,16,17). The number of nitrogens with zero attached hydrogens (tertiary/aromatic N) is 1. The van der Waals surface area contributed by atoms with E-state index in [0.29, 0.717) is 0 Å². The lowest BCUT2D eigenvalue weighted by Crippen LogP contribution is -2.42. The van der Waals surface area contributed by atoms with Gasteiger partial charge in [0.1, 0.15) is 0 Å². The van der Waals surface area contributed by atoms with Gasteiger partial charge in [0.15, 0.2) is 5.17 Å². The molecule has 0 radical (unpaired) electrons. The normalized spacial score (nSPS) is 24.6. The summed E-state index contributed by atoms with van der Waals surface area (Å²) >= 11 is 1.83. The van der Waals surface area contributed by atoms with E-state index in [1.54, 1.807) is 0 Å². The first kappa shape index (κ1) is 13.5. The zero-order valence-electron chi connectivity index (χ0n) is 11.7. The fourth-order valence-corrected chi connectivity index (χ4v) is 3.39. The highest BCUT2D eigenvalue weighted by Crippen LogP contribution is 2.35. The number of amidine groups is 1. The lowest BCUT2D eigenvalue weighted by Gasteiger charge is -2.33. The molecule has 0 amide bonds. The molecule has 1 aromatic rings. The smallest absolute Gasteiger partial charge is 0.157 e. The molecule has 0 spiro atoms. The maximum Gasteiger partial charge on any atom is 0.157 e. The molecule has 0 saturated carbocycles. The van der Waals surface area contributed by atoms with E-state index in [4.69, 9.17) is 4.99 Å². The van der Waals surface area contributed by atoms with Crippen molar-refractivity contribution >= 4 is 16.9 Å². The van der Waals surface area contributed by atoms with Crippen LogP contribution in [0.25, 0.3) is 0 Å². The Kier molecular flexibility index (Phi) is 3.71. The minimum atomic E-state index is -0.0832. The summed E-state index contributed by atoms with van der Waals surface area (Å²) in [4.78, 5) is 4.94. The van der Waals surface area contributed by atoms with Gasteiger partial charge in [0.25, 0.3) is 0 Å². The molecule has 3 heteroatoms. The molecular weight excluding hydrogens is 240 g/mol. The summed E-state index contributed by atoms with van der Waals surface area (Å²) in [5, 5.41) is 4.57. The monoisotopic (exact) mass is 262 g/mol. The molecule has 1 unspecified atom stereocenters. The van der Waals surface area contributed by atoms with Gasteiger partial charge in [-0.3, -0.25) is 4.99 Å². The van der Waals surface area contributed by atoms with Crippen LogP contribution < -0.4 is 5.32 Å². The van der Waals surface area contributed by atoms with Crippen molar-refractivity contribution in [1.29, 1.82) is 0 Å². The molecule has 2 nitrogen and oxygen atoms in total. The third-order valence-corrected chi connectivity index (χ3v) is 3.93. The van der Waals surface area contributed by atoms with Crippen molar-refractivity contribution in [1.82, 2.24) is 5.32 Å². The van der Waals surface area contributed by atoms with Crippen molar-refractivity contribution in [2.24, 2.45) is 4.99 Å². The highest BCUT2D eigenvalue weighted by molar-refractivity contribution is 8.13. The van der Waals surface area contributed by atoms with E-state index in [1.807, 2.05) is 11.8 Å². The lowest BCUT2D eigenvalue weighted by atomic mass is 9.90. The first-order valence-corrected chi connectivity index (χ1v) is 7.44. The Bertz CT molecular complexity index is 434. The van der Waals surface area contributed by atoms with E-state index in [2.05, 4.69) is 63.3 Å². The molecule has 1 heterocycles. The number of aliphatic imine (C=N–C) groups is 1. The van der Waals surface area contributed by atoms with E-state index in [9.17, 15) is 0 Å². The van der Waals surface area contributed by atoms with E-state index < -0.39 is 0 Å². The van der Waals surface area contributed by atoms with Crippen molar-refractivity contribution in [2.45, 2.75) is 45.2 Å². The van der Waals surface area contributed by atoms with Crippen LogP contribution in [0.3, 0.4) is 0 Å². The zero-order valence-corrected chi connectivity index (χ0v) is 12.5. The highest BCUT2D eigenvalue weighted by atomic mass is 32.2. The Morgan fingerprint density at radius 2 is 1.89 bits per heavy atom. The van der Waals surface area contributed by atoms with Crippen molar-refractivity contribution in [3.63, 3.8) is 0 Å². The molecule has 1 atom stereocenters. The van der Waals surface area contributed by atoms with Crippen molar-refractivity contribution in [3.8, 4) is 0 Å². The second-order valence-electron chi connectivity index (χ2n) is 6.03.